The van der Waals surface area contributed by atoms with Gasteiger partial charge < -0.3 is 4.74 Å². The van der Waals surface area contributed by atoms with Crippen LogP contribution in [0.2, 0.25) is 0 Å². The van der Waals surface area contributed by atoms with E-state index < -0.39 is 0 Å². The van der Waals surface area contributed by atoms with Crippen LogP contribution in [0.1, 0.15) is 25.8 Å². The van der Waals surface area contributed by atoms with Crippen LogP contribution in [0.15, 0.2) is 53.8 Å². The van der Waals surface area contributed by atoms with E-state index in [0.29, 0.717) is 0 Å². The van der Waals surface area contributed by atoms with Crippen LogP contribution < -0.4 is 10.2 Å². The van der Waals surface area contributed by atoms with Crippen LogP contribution in [-0.2, 0) is 0 Å². The summed E-state index contributed by atoms with van der Waals surface area (Å²) < 4.78 is 5.55. The maximum Gasteiger partial charge on any atom is 0.146 e. The lowest BCUT2D eigenvalue weighted by Gasteiger charge is -2.06. The zero-order chi connectivity index (χ0) is 14.2. The first-order chi connectivity index (χ1) is 9.79. The van der Waals surface area contributed by atoms with Crippen molar-refractivity contribution >= 4 is 11.5 Å². The van der Waals surface area contributed by atoms with E-state index in [1.165, 1.54) is 0 Å². The first-order valence-electron chi connectivity index (χ1n) is 6.74. The van der Waals surface area contributed by atoms with Crippen LogP contribution in [0, 0.1) is 0 Å². The van der Waals surface area contributed by atoms with Crippen molar-refractivity contribution in [2.24, 2.45) is 5.10 Å². The average molecular weight is 269 g/mol. The molecule has 1 aromatic carbocycles. The van der Waals surface area contributed by atoms with Gasteiger partial charge in [-0.15, -0.1) is 0 Å². The molecule has 0 unspecified atom stereocenters. The van der Waals surface area contributed by atoms with E-state index in [4.69, 9.17) is 4.74 Å². The van der Waals surface area contributed by atoms with Gasteiger partial charge in [-0.25, -0.2) is 4.98 Å². The normalized spacial score (nSPS) is 11.2. The number of aromatic nitrogens is 1. The Morgan fingerprint density at radius 2 is 2.00 bits per heavy atom. The van der Waals surface area contributed by atoms with Crippen molar-refractivity contribution in [3.8, 4) is 5.75 Å². The standard InChI is InChI=1S/C16H19N3O/c1-3-12-20-15-9-7-14(8-10-15)13(2)18-19-16-6-4-5-11-17-16/h4-11H,3,12H2,1-2H3,(H,17,19)/b18-13-. The topological polar surface area (TPSA) is 46.5 Å². The van der Waals surface area contributed by atoms with Crippen molar-refractivity contribution in [1.29, 1.82) is 0 Å². The largest absolute Gasteiger partial charge is 0.494 e. The highest BCUT2D eigenvalue weighted by Crippen LogP contribution is 2.13. The van der Waals surface area contributed by atoms with Crippen LogP contribution in [0.5, 0.6) is 5.75 Å². The molecule has 0 saturated carbocycles. The highest BCUT2D eigenvalue weighted by molar-refractivity contribution is 5.99. The van der Waals surface area contributed by atoms with Crippen molar-refractivity contribution in [2.45, 2.75) is 20.3 Å². The number of rotatable bonds is 6. The van der Waals surface area contributed by atoms with Crippen LogP contribution in [0.3, 0.4) is 0 Å². The number of anilines is 1. The van der Waals surface area contributed by atoms with Gasteiger partial charge in [0.05, 0.1) is 12.3 Å². The fourth-order valence-electron chi connectivity index (χ4n) is 1.65. The smallest absolute Gasteiger partial charge is 0.146 e. The SMILES string of the molecule is CCCOc1ccc(/C(C)=N\Nc2ccccn2)cc1. The van der Waals surface area contributed by atoms with Gasteiger partial charge in [0.25, 0.3) is 0 Å². The monoisotopic (exact) mass is 269 g/mol. The Balaban J connectivity index is 1.99. The Labute approximate surface area is 119 Å². The number of hydrazone groups is 1. The number of nitrogens with one attached hydrogen (secondary N) is 1. The maximum absolute atomic E-state index is 5.55. The van der Waals surface area contributed by atoms with Gasteiger partial charge in [-0.1, -0.05) is 13.0 Å². The van der Waals surface area contributed by atoms with E-state index in [1.807, 2.05) is 49.4 Å². The van der Waals surface area contributed by atoms with E-state index in [2.05, 4.69) is 22.4 Å². The number of pyridine rings is 1. The molecule has 0 atom stereocenters. The molecule has 0 fully saturated rings. The summed E-state index contributed by atoms with van der Waals surface area (Å²) in [7, 11) is 0. The zero-order valence-corrected chi connectivity index (χ0v) is 11.8. The zero-order valence-electron chi connectivity index (χ0n) is 11.8. The minimum Gasteiger partial charge on any atom is -0.494 e. The predicted molar refractivity (Wildman–Crippen MR) is 82.3 cm³/mol. The molecular weight excluding hydrogens is 250 g/mol. The molecule has 0 bridgehead atoms. The van der Waals surface area contributed by atoms with Crippen LogP contribution in [0.4, 0.5) is 5.82 Å². The molecular formula is C16H19N3O. The van der Waals surface area contributed by atoms with Crippen molar-refractivity contribution in [1.82, 2.24) is 4.98 Å². The molecule has 20 heavy (non-hydrogen) atoms. The molecule has 0 amide bonds. The van der Waals surface area contributed by atoms with Crippen LogP contribution in [0.25, 0.3) is 0 Å². The lowest BCUT2D eigenvalue weighted by molar-refractivity contribution is 0.317. The second-order valence-corrected chi connectivity index (χ2v) is 4.40. The van der Waals surface area contributed by atoms with Gasteiger partial charge in [0, 0.05) is 6.20 Å². The van der Waals surface area contributed by atoms with Crippen molar-refractivity contribution in [3.05, 3.63) is 54.2 Å². The molecule has 2 aromatic rings. The van der Waals surface area contributed by atoms with E-state index in [1.54, 1.807) is 6.20 Å². The quantitative estimate of drug-likeness (QED) is 0.642. The third kappa shape index (κ3) is 4.09. The molecule has 0 aliphatic rings. The lowest BCUT2D eigenvalue weighted by atomic mass is 10.1. The summed E-state index contributed by atoms with van der Waals surface area (Å²) in [6.07, 6.45) is 2.74. The molecule has 1 heterocycles. The number of ether oxygens (including phenoxy) is 1. The fraction of sp³-hybridized carbons (Fsp3) is 0.250. The van der Waals surface area contributed by atoms with Gasteiger partial charge in [0.15, 0.2) is 0 Å². The van der Waals surface area contributed by atoms with Gasteiger partial charge in [0.2, 0.25) is 0 Å². The van der Waals surface area contributed by atoms with E-state index in [0.717, 1.165) is 35.9 Å². The Morgan fingerprint density at radius 1 is 1.20 bits per heavy atom. The Hall–Kier alpha value is -2.36. The summed E-state index contributed by atoms with van der Waals surface area (Å²) in [4.78, 5) is 4.15. The highest BCUT2D eigenvalue weighted by Gasteiger charge is 1.99. The lowest BCUT2D eigenvalue weighted by Crippen LogP contribution is -2.01. The van der Waals surface area contributed by atoms with E-state index in [-0.39, 0.29) is 0 Å². The third-order valence-electron chi connectivity index (χ3n) is 2.75. The number of nitrogens with zero attached hydrogens (tertiary/aromatic N) is 2. The third-order valence-corrected chi connectivity index (χ3v) is 2.75. The summed E-state index contributed by atoms with van der Waals surface area (Å²) in [5, 5.41) is 4.32. The van der Waals surface area contributed by atoms with Gasteiger partial charge >= 0.3 is 0 Å². The average Bonchev–Trinajstić information content (AvgIpc) is 2.52. The Kier molecular flexibility index (Phi) is 5.12. The van der Waals surface area contributed by atoms with E-state index >= 15 is 0 Å². The fourth-order valence-corrected chi connectivity index (χ4v) is 1.65. The van der Waals surface area contributed by atoms with Gasteiger partial charge in [-0.2, -0.15) is 5.10 Å². The molecule has 104 valence electrons. The van der Waals surface area contributed by atoms with Gasteiger partial charge in [0.1, 0.15) is 11.6 Å². The summed E-state index contributed by atoms with van der Waals surface area (Å²) >= 11 is 0. The molecule has 4 heteroatoms. The highest BCUT2D eigenvalue weighted by atomic mass is 16.5. The summed E-state index contributed by atoms with van der Waals surface area (Å²) in [6, 6.07) is 13.6. The number of hydrogen-bond acceptors (Lipinski definition) is 4. The summed E-state index contributed by atoms with van der Waals surface area (Å²) in [5.74, 6) is 1.62. The second-order valence-electron chi connectivity index (χ2n) is 4.40. The molecule has 0 radical (unpaired) electrons. The maximum atomic E-state index is 5.55. The van der Waals surface area contributed by atoms with Gasteiger partial charge in [-0.05, 0) is 55.3 Å². The van der Waals surface area contributed by atoms with Crippen LogP contribution in [-0.4, -0.2) is 17.3 Å². The summed E-state index contributed by atoms with van der Waals surface area (Å²) in [6.45, 7) is 4.79. The van der Waals surface area contributed by atoms with Crippen LogP contribution >= 0.6 is 0 Å². The van der Waals surface area contributed by atoms with Crippen molar-refractivity contribution in [2.75, 3.05) is 12.0 Å². The molecule has 1 aromatic heterocycles. The van der Waals surface area contributed by atoms with Gasteiger partial charge in [-0.3, -0.25) is 5.43 Å². The van der Waals surface area contributed by atoms with Crippen molar-refractivity contribution in [3.63, 3.8) is 0 Å². The molecule has 0 aliphatic carbocycles. The number of hydrogen-bond donors (Lipinski definition) is 1. The molecule has 0 spiro atoms. The Bertz CT molecular complexity index is 550. The minimum absolute atomic E-state index is 0.731. The second kappa shape index (κ2) is 7.28. The molecule has 0 aliphatic heterocycles. The minimum atomic E-state index is 0.731. The predicted octanol–water partition coefficient (Wildman–Crippen LogP) is 3.71. The number of benzene rings is 1. The first-order valence-corrected chi connectivity index (χ1v) is 6.74. The van der Waals surface area contributed by atoms with Crippen molar-refractivity contribution < 1.29 is 4.74 Å². The molecule has 0 saturated heterocycles. The summed E-state index contributed by atoms with van der Waals surface area (Å²) in [5.41, 5.74) is 4.89. The first kappa shape index (κ1) is 14.1. The van der Waals surface area contributed by atoms with E-state index in [9.17, 15) is 0 Å². The molecule has 4 nitrogen and oxygen atoms in total. The molecule has 1 N–H and O–H groups in total. The Morgan fingerprint density at radius 3 is 2.65 bits per heavy atom. The molecule has 2 rings (SSSR count).